The first-order valence-corrected chi connectivity index (χ1v) is 10.4. The summed E-state index contributed by atoms with van der Waals surface area (Å²) in [5, 5.41) is 6.70. The Bertz CT molecular complexity index is 954. The van der Waals surface area contributed by atoms with E-state index in [2.05, 4.69) is 46.4 Å². The number of nitrogens with zero attached hydrogens (tertiary/aromatic N) is 4. The fraction of sp³-hybridized carbons (Fsp3) is 0.500. The highest BCUT2D eigenvalue weighted by atomic mass is 19.1. The molecule has 6 nitrogen and oxygen atoms in total. The minimum absolute atomic E-state index is 0.0915. The first-order chi connectivity index (χ1) is 13.9. The number of halogens is 1. The van der Waals surface area contributed by atoms with E-state index in [-0.39, 0.29) is 17.3 Å². The van der Waals surface area contributed by atoms with E-state index in [9.17, 15) is 4.39 Å². The molecule has 1 saturated heterocycles. The van der Waals surface area contributed by atoms with Crippen molar-refractivity contribution >= 4 is 11.5 Å². The maximum Gasteiger partial charge on any atom is 0.155 e. The third kappa shape index (κ3) is 4.90. The molecule has 1 aliphatic rings. The molecule has 0 bridgehead atoms. The van der Waals surface area contributed by atoms with Gasteiger partial charge in [-0.05, 0) is 19.4 Å². The van der Waals surface area contributed by atoms with Crippen molar-refractivity contribution in [2.24, 2.45) is 0 Å². The van der Waals surface area contributed by atoms with E-state index < -0.39 is 0 Å². The third-order valence-electron chi connectivity index (χ3n) is 4.87. The molecule has 1 atom stereocenters. The summed E-state index contributed by atoms with van der Waals surface area (Å²) in [5.41, 5.74) is 2.88. The summed E-state index contributed by atoms with van der Waals surface area (Å²) in [4.78, 5) is 13.6. The molecule has 4 rings (SSSR count). The van der Waals surface area contributed by atoms with Crippen molar-refractivity contribution < 1.29 is 4.39 Å². The van der Waals surface area contributed by atoms with Crippen LogP contribution < -0.4 is 10.6 Å². The number of anilines is 1. The average Bonchev–Trinajstić information content (AvgIpc) is 3.12. The van der Waals surface area contributed by atoms with Crippen LogP contribution in [0.15, 0.2) is 30.7 Å². The topological polar surface area (TPSA) is 67.1 Å². The van der Waals surface area contributed by atoms with Crippen molar-refractivity contribution in [3.05, 3.63) is 42.2 Å². The number of pyridine rings is 1. The van der Waals surface area contributed by atoms with Gasteiger partial charge >= 0.3 is 0 Å². The molecule has 7 heteroatoms. The smallest absolute Gasteiger partial charge is 0.155 e. The molecule has 156 valence electrons. The van der Waals surface area contributed by atoms with Crippen molar-refractivity contribution in [2.75, 3.05) is 18.4 Å². The second kappa shape index (κ2) is 8.86. The number of nitrogens with one attached hydrogen (secondary N) is 2. The summed E-state index contributed by atoms with van der Waals surface area (Å²) in [5.74, 6) is 0.241. The summed E-state index contributed by atoms with van der Waals surface area (Å²) in [7, 11) is 0. The molecule has 1 fully saturated rings. The van der Waals surface area contributed by atoms with Crippen LogP contribution >= 0.6 is 0 Å². The van der Waals surface area contributed by atoms with Gasteiger partial charge in [0, 0.05) is 36.3 Å². The van der Waals surface area contributed by atoms with Gasteiger partial charge in [-0.1, -0.05) is 34.6 Å². The lowest BCUT2D eigenvalue weighted by Crippen LogP contribution is -2.38. The van der Waals surface area contributed by atoms with E-state index in [0.29, 0.717) is 11.5 Å². The van der Waals surface area contributed by atoms with Crippen molar-refractivity contribution in [2.45, 2.75) is 58.9 Å². The number of hydrogen-bond acceptors (Lipinski definition) is 5. The van der Waals surface area contributed by atoms with Crippen LogP contribution in [-0.2, 0) is 5.41 Å². The summed E-state index contributed by atoms with van der Waals surface area (Å²) in [6.45, 7) is 12.2. The normalized spacial score (nSPS) is 17.0. The van der Waals surface area contributed by atoms with Gasteiger partial charge in [-0.3, -0.25) is 9.38 Å². The average molecular weight is 399 g/mol. The van der Waals surface area contributed by atoms with Gasteiger partial charge in [0.2, 0.25) is 0 Å². The fourth-order valence-corrected chi connectivity index (χ4v) is 3.35. The Morgan fingerprint density at radius 2 is 1.97 bits per heavy atom. The highest BCUT2D eigenvalue weighted by Crippen LogP contribution is 2.25. The van der Waals surface area contributed by atoms with E-state index in [4.69, 9.17) is 0 Å². The van der Waals surface area contributed by atoms with Crippen LogP contribution in [0, 0.1) is 5.82 Å². The SMILES string of the molecule is CC.CC(C)(C)c1cn2c(-c3cc(F)cc(NC4CCCNC4)n3)cnc2cn1. The largest absolute Gasteiger partial charge is 0.366 e. The lowest BCUT2D eigenvalue weighted by Gasteiger charge is -2.24. The molecule has 0 saturated carbocycles. The number of piperidine rings is 1. The van der Waals surface area contributed by atoms with Crippen LogP contribution in [-0.4, -0.2) is 38.5 Å². The predicted octanol–water partition coefficient (Wildman–Crippen LogP) is 4.42. The second-order valence-corrected chi connectivity index (χ2v) is 8.14. The molecule has 0 aromatic carbocycles. The molecule has 0 amide bonds. The van der Waals surface area contributed by atoms with Gasteiger partial charge in [-0.25, -0.2) is 14.4 Å². The van der Waals surface area contributed by atoms with Crippen molar-refractivity contribution in [1.82, 2.24) is 24.7 Å². The number of imidazole rings is 1. The summed E-state index contributed by atoms with van der Waals surface area (Å²) in [6, 6.07) is 3.16. The molecule has 0 radical (unpaired) electrons. The Morgan fingerprint density at radius 1 is 1.17 bits per heavy atom. The maximum absolute atomic E-state index is 14.3. The van der Waals surface area contributed by atoms with Gasteiger partial charge in [0.05, 0.1) is 29.5 Å². The Hall–Kier alpha value is -2.54. The van der Waals surface area contributed by atoms with Gasteiger partial charge in [0.15, 0.2) is 5.65 Å². The first-order valence-electron chi connectivity index (χ1n) is 10.4. The number of rotatable bonds is 3. The van der Waals surface area contributed by atoms with Crippen LogP contribution in [0.5, 0.6) is 0 Å². The zero-order chi connectivity index (χ0) is 21.0. The van der Waals surface area contributed by atoms with Crippen LogP contribution in [0.4, 0.5) is 10.2 Å². The monoisotopic (exact) mass is 398 g/mol. The Kier molecular flexibility index (Phi) is 6.47. The zero-order valence-electron chi connectivity index (χ0n) is 18.0. The third-order valence-corrected chi connectivity index (χ3v) is 4.87. The second-order valence-electron chi connectivity index (χ2n) is 8.14. The highest BCUT2D eigenvalue weighted by Gasteiger charge is 2.19. The van der Waals surface area contributed by atoms with E-state index >= 15 is 0 Å². The van der Waals surface area contributed by atoms with Gasteiger partial charge in [-0.2, -0.15) is 0 Å². The molecule has 3 aromatic heterocycles. The van der Waals surface area contributed by atoms with E-state index in [1.807, 2.05) is 24.4 Å². The Labute approximate surface area is 172 Å². The Morgan fingerprint density at radius 3 is 2.66 bits per heavy atom. The fourth-order valence-electron chi connectivity index (χ4n) is 3.35. The lowest BCUT2D eigenvalue weighted by molar-refractivity contribution is 0.478. The van der Waals surface area contributed by atoms with Crippen LogP contribution in [0.25, 0.3) is 17.0 Å². The Balaban J connectivity index is 0.00000117. The van der Waals surface area contributed by atoms with Crippen LogP contribution in [0.1, 0.15) is 53.2 Å². The molecule has 1 unspecified atom stereocenters. The summed E-state index contributed by atoms with van der Waals surface area (Å²) < 4.78 is 16.2. The minimum Gasteiger partial charge on any atom is -0.366 e. The molecule has 2 N–H and O–H groups in total. The van der Waals surface area contributed by atoms with Crippen molar-refractivity contribution in [1.29, 1.82) is 0 Å². The number of aromatic nitrogens is 4. The predicted molar refractivity (Wildman–Crippen MR) is 116 cm³/mol. The van der Waals surface area contributed by atoms with Crippen molar-refractivity contribution in [3.8, 4) is 11.4 Å². The summed E-state index contributed by atoms with van der Waals surface area (Å²) in [6.07, 6.45) is 7.59. The van der Waals surface area contributed by atoms with E-state index in [1.54, 1.807) is 12.4 Å². The van der Waals surface area contributed by atoms with E-state index in [0.717, 1.165) is 43.0 Å². The number of fused-ring (bicyclic) bond motifs is 1. The zero-order valence-corrected chi connectivity index (χ0v) is 18.0. The van der Waals surface area contributed by atoms with E-state index in [1.165, 1.54) is 12.1 Å². The van der Waals surface area contributed by atoms with Gasteiger partial charge in [0.25, 0.3) is 0 Å². The number of hydrogen-bond donors (Lipinski definition) is 2. The minimum atomic E-state index is -0.314. The molecule has 29 heavy (non-hydrogen) atoms. The standard InChI is InChI=1S/C20H25FN6.C2H6/c1-20(2,3)17-12-27-16(10-24-19(27)11-23-17)15-7-13(21)8-18(26-15)25-14-5-4-6-22-9-14;1-2/h7-8,10-12,14,22H,4-6,9H2,1-3H3,(H,25,26);1-2H3. The van der Waals surface area contributed by atoms with Gasteiger partial charge < -0.3 is 10.6 Å². The molecule has 0 spiro atoms. The molecular weight excluding hydrogens is 367 g/mol. The van der Waals surface area contributed by atoms with Gasteiger partial charge in [0.1, 0.15) is 11.6 Å². The highest BCUT2D eigenvalue weighted by molar-refractivity contribution is 5.62. The molecular formula is C22H31FN6. The lowest BCUT2D eigenvalue weighted by atomic mass is 9.93. The van der Waals surface area contributed by atoms with Gasteiger partial charge in [-0.15, -0.1) is 0 Å². The van der Waals surface area contributed by atoms with Crippen LogP contribution in [0.3, 0.4) is 0 Å². The first kappa shape index (κ1) is 21.2. The van der Waals surface area contributed by atoms with Crippen LogP contribution in [0.2, 0.25) is 0 Å². The quantitative estimate of drug-likeness (QED) is 0.684. The molecule has 1 aliphatic heterocycles. The van der Waals surface area contributed by atoms with Crippen molar-refractivity contribution in [3.63, 3.8) is 0 Å². The molecule has 4 heterocycles. The summed E-state index contributed by atoms with van der Waals surface area (Å²) >= 11 is 0. The maximum atomic E-state index is 14.3. The molecule has 0 aliphatic carbocycles. The molecule has 3 aromatic rings.